The van der Waals surface area contributed by atoms with E-state index in [-0.39, 0.29) is 0 Å². The summed E-state index contributed by atoms with van der Waals surface area (Å²) in [6.07, 6.45) is 0. The normalized spacial score (nSPS) is 15.0. The molecule has 1 nitrogen and oxygen atoms in total. The van der Waals surface area contributed by atoms with Crippen LogP contribution in [0, 0.1) is 5.92 Å². The molecule has 0 aliphatic carbocycles. The number of nitrogens with zero attached hydrogens (tertiary/aromatic N) is 1. The molecule has 0 heterocycles. The highest BCUT2D eigenvalue weighted by molar-refractivity contribution is 14.1. The molecule has 0 aromatic heterocycles. The van der Waals surface area contributed by atoms with E-state index >= 15 is 0 Å². The van der Waals surface area contributed by atoms with Crippen molar-refractivity contribution in [1.82, 2.24) is 4.90 Å². The quantitative estimate of drug-likeness (QED) is 0.416. The molecule has 0 saturated carbocycles. The Balaban J connectivity index is 3.58. The van der Waals surface area contributed by atoms with E-state index < -0.39 is 0 Å². The molecule has 0 aromatic rings. The number of hydrogen-bond donors (Lipinski definition) is 0. The zero-order chi connectivity index (χ0) is 7.44. The van der Waals surface area contributed by atoms with Gasteiger partial charge in [0.15, 0.2) is 0 Å². The van der Waals surface area contributed by atoms with Crippen LogP contribution in [0.2, 0.25) is 0 Å². The smallest absolute Gasteiger partial charge is 0.0639 e. The first-order valence-electron chi connectivity index (χ1n) is 3.43. The van der Waals surface area contributed by atoms with Crippen molar-refractivity contribution in [3.63, 3.8) is 0 Å². The van der Waals surface area contributed by atoms with Crippen LogP contribution in [0.3, 0.4) is 0 Å². The van der Waals surface area contributed by atoms with Crippen molar-refractivity contribution in [2.45, 2.75) is 24.8 Å². The van der Waals surface area contributed by atoms with Gasteiger partial charge in [0.25, 0.3) is 0 Å². The molecule has 0 spiro atoms. The third kappa shape index (κ3) is 3.40. The van der Waals surface area contributed by atoms with Crippen LogP contribution in [-0.2, 0) is 0 Å². The second-order valence-corrected chi connectivity index (χ2v) is 3.97. The van der Waals surface area contributed by atoms with Crippen molar-refractivity contribution < 1.29 is 0 Å². The van der Waals surface area contributed by atoms with Gasteiger partial charge in [0.05, 0.1) is 4.05 Å². The van der Waals surface area contributed by atoms with Gasteiger partial charge in [-0.1, -0.05) is 43.4 Å². The summed E-state index contributed by atoms with van der Waals surface area (Å²) in [6, 6.07) is 0. The molecule has 56 valence electrons. The number of rotatable bonds is 3. The van der Waals surface area contributed by atoms with Crippen LogP contribution in [0.25, 0.3) is 0 Å². The lowest BCUT2D eigenvalue weighted by molar-refractivity contribution is 0.293. The molecule has 0 fully saturated rings. The van der Waals surface area contributed by atoms with E-state index in [4.69, 9.17) is 0 Å². The van der Waals surface area contributed by atoms with Gasteiger partial charge in [-0.3, -0.25) is 4.90 Å². The summed E-state index contributed by atoms with van der Waals surface area (Å²) >= 11 is 2.48. The standard InChI is InChI=1S/C7H16IN/c1-5-9(4)7(8)6(2)3/h6-7H,5H2,1-4H3. The van der Waals surface area contributed by atoms with E-state index in [0.717, 1.165) is 12.5 Å². The first-order valence-corrected chi connectivity index (χ1v) is 4.68. The highest BCUT2D eigenvalue weighted by Crippen LogP contribution is 2.14. The lowest BCUT2D eigenvalue weighted by atomic mass is 10.2. The second kappa shape index (κ2) is 4.50. The average molecular weight is 241 g/mol. The summed E-state index contributed by atoms with van der Waals surface area (Å²) < 4.78 is 0.688. The topological polar surface area (TPSA) is 3.24 Å². The van der Waals surface area contributed by atoms with E-state index in [1.807, 2.05) is 0 Å². The third-order valence-electron chi connectivity index (χ3n) is 1.47. The van der Waals surface area contributed by atoms with Gasteiger partial charge < -0.3 is 0 Å². The van der Waals surface area contributed by atoms with Gasteiger partial charge in [-0.2, -0.15) is 0 Å². The molecular weight excluding hydrogens is 225 g/mol. The maximum atomic E-state index is 2.48. The minimum atomic E-state index is 0.688. The Morgan fingerprint density at radius 1 is 1.44 bits per heavy atom. The van der Waals surface area contributed by atoms with Crippen molar-refractivity contribution in [2.75, 3.05) is 13.6 Å². The molecule has 0 amide bonds. The van der Waals surface area contributed by atoms with Gasteiger partial charge in [0.1, 0.15) is 0 Å². The molecule has 1 atom stereocenters. The minimum Gasteiger partial charge on any atom is -0.295 e. The SMILES string of the molecule is CCN(C)C(I)C(C)C. The summed E-state index contributed by atoms with van der Waals surface area (Å²) in [5.74, 6) is 0.760. The Morgan fingerprint density at radius 3 is 2.00 bits per heavy atom. The van der Waals surface area contributed by atoms with Crippen LogP contribution in [0.15, 0.2) is 0 Å². The first kappa shape index (κ1) is 9.69. The summed E-state index contributed by atoms with van der Waals surface area (Å²) in [5.41, 5.74) is 0. The third-order valence-corrected chi connectivity index (χ3v) is 3.86. The van der Waals surface area contributed by atoms with Crippen LogP contribution >= 0.6 is 22.6 Å². The molecule has 0 radical (unpaired) electrons. The van der Waals surface area contributed by atoms with Crippen molar-refractivity contribution in [1.29, 1.82) is 0 Å². The van der Waals surface area contributed by atoms with E-state index in [9.17, 15) is 0 Å². The predicted molar refractivity (Wildman–Crippen MR) is 51.0 cm³/mol. The van der Waals surface area contributed by atoms with Gasteiger partial charge in [0, 0.05) is 0 Å². The fourth-order valence-corrected chi connectivity index (χ4v) is 1.08. The Hall–Kier alpha value is 0.690. The Labute approximate surface area is 72.0 Å². The second-order valence-electron chi connectivity index (χ2n) is 2.69. The maximum absolute atomic E-state index is 2.48. The first-order chi connectivity index (χ1) is 4.09. The largest absolute Gasteiger partial charge is 0.295 e. The van der Waals surface area contributed by atoms with Gasteiger partial charge in [-0.15, -0.1) is 0 Å². The number of hydrogen-bond acceptors (Lipinski definition) is 1. The fraction of sp³-hybridized carbons (Fsp3) is 1.00. The van der Waals surface area contributed by atoms with Gasteiger partial charge in [-0.25, -0.2) is 0 Å². The molecule has 0 rings (SSSR count). The van der Waals surface area contributed by atoms with E-state index in [1.165, 1.54) is 0 Å². The number of alkyl halides is 1. The molecule has 0 aliphatic rings. The Kier molecular flexibility index (Phi) is 4.84. The van der Waals surface area contributed by atoms with Crippen molar-refractivity contribution in [3.05, 3.63) is 0 Å². The summed E-state index contributed by atoms with van der Waals surface area (Å²) in [5, 5.41) is 0. The van der Waals surface area contributed by atoms with E-state index in [1.54, 1.807) is 0 Å². The molecule has 0 aromatic carbocycles. The molecule has 0 saturated heterocycles. The zero-order valence-corrected chi connectivity index (χ0v) is 8.84. The zero-order valence-electron chi connectivity index (χ0n) is 6.69. The van der Waals surface area contributed by atoms with Crippen LogP contribution in [-0.4, -0.2) is 22.5 Å². The molecule has 2 heteroatoms. The Morgan fingerprint density at radius 2 is 1.89 bits per heavy atom. The van der Waals surface area contributed by atoms with Gasteiger partial charge >= 0.3 is 0 Å². The summed E-state index contributed by atoms with van der Waals surface area (Å²) in [4.78, 5) is 2.35. The van der Waals surface area contributed by atoms with E-state index in [2.05, 4.69) is 55.3 Å². The molecule has 0 N–H and O–H groups in total. The maximum Gasteiger partial charge on any atom is 0.0639 e. The predicted octanol–water partition coefficient (Wildman–Crippen LogP) is 2.36. The van der Waals surface area contributed by atoms with Crippen LogP contribution < -0.4 is 0 Å². The molecular formula is C7H16IN. The molecule has 1 unspecified atom stereocenters. The molecule has 0 bridgehead atoms. The average Bonchev–Trinajstić information content (AvgIpc) is 1.84. The molecule has 9 heavy (non-hydrogen) atoms. The lowest BCUT2D eigenvalue weighted by Gasteiger charge is -2.24. The summed E-state index contributed by atoms with van der Waals surface area (Å²) in [6.45, 7) is 7.84. The highest BCUT2D eigenvalue weighted by atomic mass is 127. The summed E-state index contributed by atoms with van der Waals surface area (Å²) in [7, 11) is 2.16. The fourth-order valence-electron chi connectivity index (χ4n) is 0.683. The number of halogens is 1. The van der Waals surface area contributed by atoms with Crippen LogP contribution in [0.5, 0.6) is 0 Å². The monoisotopic (exact) mass is 241 g/mol. The minimum absolute atomic E-state index is 0.688. The van der Waals surface area contributed by atoms with Gasteiger partial charge in [-0.05, 0) is 19.5 Å². The molecule has 0 aliphatic heterocycles. The highest BCUT2D eigenvalue weighted by Gasteiger charge is 2.11. The van der Waals surface area contributed by atoms with Crippen LogP contribution in [0.1, 0.15) is 20.8 Å². The Bertz CT molecular complexity index is 73.3. The van der Waals surface area contributed by atoms with E-state index in [0.29, 0.717) is 4.05 Å². The van der Waals surface area contributed by atoms with Crippen molar-refractivity contribution in [3.8, 4) is 0 Å². The van der Waals surface area contributed by atoms with Crippen molar-refractivity contribution in [2.24, 2.45) is 5.92 Å². The van der Waals surface area contributed by atoms with Crippen molar-refractivity contribution >= 4 is 22.6 Å². The lowest BCUT2D eigenvalue weighted by Crippen LogP contribution is -2.30. The van der Waals surface area contributed by atoms with Crippen LogP contribution in [0.4, 0.5) is 0 Å². The van der Waals surface area contributed by atoms with Gasteiger partial charge in [0.2, 0.25) is 0 Å².